The summed E-state index contributed by atoms with van der Waals surface area (Å²) in [6.07, 6.45) is 16.0. The second kappa shape index (κ2) is 15.8. The van der Waals surface area contributed by atoms with Gasteiger partial charge in [-0.3, -0.25) is 38.9 Å². The molecule has 1 aliphatic carbocycles. The van der Waals surface area contributed by atoms with Crippen LogP contribution in [0.2, 0.25) is 5.02 Å². The molecule has 2 saturated heterocycles. The standard InChI is InChI=1S/C46H49ClN10O3/c1-29-52-53-45-46(18-19-46)51-42(31-6-9-34(47)10-7-31)36-25-32(8-12-39(36)57(29)45)33-26-49-55(27-33)22-4-2-3-21-54-23-16-30(17-24-54)5-11-38-37-28-56(44(60)35(37)15-20-48-38)40-13-14-41(58)50-43(40)59/h6-10,12,15,20,25-27,30,40H,2-5,11,13-14,16-19,21-24,28H2,1H3,(H,50,58,59). The van der Waals surface area contributed by atoms with Crippen molar-refractivity contribution >= 4 is 35.0 Å². The first kappa shape index (κ1) is 38.7. The number of likely N-dealkylation sites (tertiary alicyclic amines) is 1. The van der Waals surface area contributed by atoms with Crippen molar-refractivity contribution in [3.8, 4) is 16.8 Å². The summed E-state index contributed by atoms with van der Waals surface area (Å²) >= 11 is 6.30. The van der Waals surface area contributed by atoms with E-state index in [-0.39, 0.29) is 29.7 Å². The average molecular weight is 825 g/mol. The van der Waals surface area contributed by atoms with Gasteiger partial charge in [0, 0.05) is 70.4 Å². The molecule has 1 N–H and O–H groups in total. The van der Waals surface area contributed by atoms with E-state index in [4.69, 9.17) is 21.7 Å². The number of hydrogen-bond donors (Lipinski definition) is 1. The first-order chi connectivity index (χ1) is 29.2. The Morgan fingerprint density at radius 3 is 2.48 bits per heavy atom. The maximum atomic E-state index is 13.2. The Morgan fingerprint density at radius 1 is 0.883 bits per heavy atom. The zero-order valence-electron chi connectivity index (χ0n) is 33.9. The smallest absolute Gasteiger partial charge is 0.255 e. The molecular formula is C46H49ClN10O3. The van der Waals surface area contributed by atoms with Crippen molar-refractivity contribution in [2.24, 2.45) is 10.9 Å². The van der Waals surface area contributed by atoms with Crippen molar-refractivity contribution in [1.82, 2.24) is 44.6 Å². The van der Waals surface area contributed by atoms with Crippen LogP contribution in [0.5, 0.6) is 0 Å². The number of pyridine rings is 1. The van der Waals surface area contributed by atoms with Gasteiger partial charge >= 0.3 is 0 Å². The SMILES string of the molecule is Cc1nnc2n1-c1ccc(-c3cnn(CCCCCN4CCC(CCc5nccc6c5CN(C5CCC(=O)NC5=O)C6=O)CC4)c3)cc1C(c1ccc(Cl)cc1)=NC21CC1. The fourth-order valence-corrected chi connectivity index (χ4v) is 9.80. The molecule has 1 unspecified atom stereocenters. The van der Waals surface area contributed by atoms with Crippen LogP contribution in [0.1, 0.15) is 109 Å². The maximum Gasteiger partial charge on any atom is 0.255 e. The highest BCUT2D eigenvalue weighted by Crippen LogP contribution is 2.52. The number of aromatic nitrogens is 6. The molecule has 0 radical (unpaired) electrons. The molecule has 1 atom stereocenters. The number of benzene rings is 2. The molecule has 1 spiro atoms. The molecule has 10 rings (SSSR count). The summed E-state index contributed by atoms with van der Waals surface area (Å²) in [6, 6.07) is 15.7. The molecule has 5 aromatic rings. The molecule has 3 fully saturated rings. The van der Waals surface area contributed by atoms with Crippen LogP contribution in [0, 0.1) is 12.8 Å². The Balaban J connectivity index is 0.704. The van der Waals surface area contributed by atoms with E-state index in [1.54, 1.807) is 17.2 Å². The predicted molar refractivity (Wildman–Crippen MR) is 227 cm³/mol. The molecule has 13 nitrogen and oxygen atoms in total. The third-order valence-corrected chi connectivity index (χ3v) is 13.5. The lowest BCUT2D eigenvalue weighted by Gasteiger charge is -2.32. The summed E-state index contributed by atoms with van der Waals surface area (Å²) in [6.45, 7) is 6.61. The van der Waals surface area contributed by atoms with Crippen molar-refractivity contribution in [3.05, 3.63) is 112 Å². The van der Waals surface area contributed by atoms with Crippen LogP contribution in [0.4, 0.5) is 0 Å². The minimum atomic E-state index is -0.605. The fraction of sp³-hybridized carbons (Fsp3) is 0.435. The van der Waals surface area contributed by atoms with Gasteiger partial charge in [0.1, 0.15) is 17.4 Å². The molecule has 14 heteroatoms. The van der Waals surface area contributed by atoms with Gasteiger partial charge in [0.2, 0.25) is 11.8 Å². The van der Waals surface area contributed by atoms with E-state index in [1.807, 2.05) is 25.3 Å². The van der Waals surface area contributed by atoms with Crippen LogP contribution >= 0.6 is 11.6 Å². The minimum absolute atomic E-state index is 0.138. The second-order valence-electron chi connectivity index (χ2n) is 17.2. The predicted octanol–water partition coefficient (Wildman–Crippen LogP) is 6.60. The van der Waals surface area contributed by atoms with Crippen molar-refractivity contribution < 1.29 is 14.4 Å². The van der Waals surface area contributed by atoms with E-state index in [2.05, 4.69) is 71.2 Å². The third-order valence-electron chi connectivity index (χ3n) is 13.3. The normalized spacial score (nSPS) is 19.8. The average Bonchev–Trinajstić information content (AvgIpc) is 3.53. The molecule has 3 amide bonds. The number of amides is 3. The van der Waals surface area contributed by atoms with E-state index in [1.165, 1.54) is 19.3 Å². The summed E-state index contributed by atoms with van der Waals surface area (Å²) in [4.78, 5) is 51.7. The van der Waals surface area contributed by atoms with E-state index in [9.17, 15) is 14.4 Å². The highest BCUT2D eigenvalue weighted by Gasteiger charge is 2.51. The molecule has 308 valence electrons. The second-order valence-corrected chi connectivity index (χ2v) is 17.6. The Hall–Kier alpha value is -5.53. The number of carbonyl (C=O) groups is 3. The minimum Gasteiger partial charge on any atom is -0.322 e. The molecule has 60 heavy (non-hydrogen) atoms. The molecule has 7 heterocycles. The van der Waals surface area contributed by atoms with E-state index < -0.39 is 6.04 Å². The van der Waals surface area contributed by atoms with Crippen molar-refractivity contribution in [2.45, 2.75) is 102 Å². The van der Waals surface area contributed by atoms with Gasteiger partial charge in [-0.1, -0.05) is 36.2 Å². The molecule has 0 bridgehead atoms. The van der Waals surface area contributed by atoms with Gasteiger partial charge in [0.15, 0.2) is 5.82 Å². The quantitative estimate of drug-likeness (QED) is 0.110. The Bertz CT molecular complexity index is 2510. The lowest BCUT2D eigenvalue weighted by Crippen LogP contribution is -2.52. The summed E-state index contributed by atoms with van der Waals surface area (Å²) in [5.74, 6) is 1.61. The van der Waals surface area contributed by atoms with Gasteiger partial charge in [0.05, 0.1) is 17.6 Å². The number of halogens is 1. The van der Waals surface area contributed by atoms with Gasteiger partial charge in [-0.2, -0.15) is 5.10 Å². The van der Waals surface area contributed by atoms with Crippen molar-refractivity contribution in [3.63, 3.8) is 0 Å². The third kappa shape index (κ3) is 7.36. The zero-order valence-corrected chi connectivity index (χ0v) is 34.7. The number of nitrogens with zero attached hydrogens (tertiary/aromatic N) is 9. The van der Waals surface area contributed by atoms with Gasteiger partial charge in [-0.15, -0.1) is 10.2 Å². The van der Waals surface area contributed by atoms with Crippen LogP contribution in [0.3, 0.4) is 0 Å². The monoisotopic (exact) mass is 824 g/mol. The van der Waals surface area contributed by atoms with E-state index in [0.717, 1.165) is 121 Å². The summed E-state index contributed by atoms with van der Waals surface area (Å²) in [5.41, 5.74) is 8.45. The first-order valence-corrected chi connectivity index (χ1v) is 21.9. The van der Waals surface area contributed by atoms with E-state index in [0.29, 0.717) is 29.5 Å². The largest absolute Gasteiger partial charge is 0.322 e. The Morgan fingerprint density at radius 2 is 1.68 bits per heavy atom. The number of imide groups is 1. The number of aliphatic imine (C=N–C) groups is 1. The lowest BCUT2D eigenvalue weighted by atomic mass is 9.90. The zero-order chi connectivity index (χ0) is 41.0. The number of rotatable bonds is 12. The molecule has 5 aliphatic rings. The lowest BCUT2D eigenvalue weighted by molar-refractivity contribution is -0.136. The Kier molecular flexibility index (Phi) is 10.2. The molecule has 1 saturated carbocycles. The van der Waals surface area contributed by atoms with Gasteiger partial charge < -0.3 is 9.80 Å². The van der Waals surface area contributed by atoms with Gasteiger partial charge in [-0.05, 0) is 126 Å². The van der Waals surface area contributed by atoms with Crippen LogP contribution in [-0.2, 0) is 34.6 Å². The van der Waals surface area contributed by atoms with E-state index >= 15 is 0 Å². The number of piperidine rings is 2. The first-order valence-electron chi connectivity index (χ1n) is 21.5. The number of hydrogen-bond acceptors (Lipinski definition) is 9. The summed E-state index contributed by atoms with van der Waals surface area (Å²) in [7, 11) is 0. The van der Waals surface area contributed by atoms with Crippen LogP contribution in [0.25, 0.3) is 16.8 Å². The number of aryl methyl sites for hydroxylation is 3. The van der Waals surface area contributed by atoms with Crippen molar-refractivity contribution in [2.75, 3.05) is 19.6 Å². The number of fused-ring (bicyclic) bond motifs is 5. The number of nitrogens with one attached hydrogen (secondary N) is 1. The van der Waals surface area contributed by atoms with Gasteiger partial charge in [0.25, 0.3) is 5.91 Å². The Labute approximate surface area is 354 Å². The number of carbonyl (C=O) groups excluding carboxylic acids is 3. The molecule has 3 aromatic heterocycles. The number of unbranched alkanes of at least 4 members (excludes halogenated alkanes) is 2. The molecular weight excluding hydrogens is 776 g/mol. The maximum absolute atomic E-state index is 13.2. The summed E-state index contributed by atoms with van der Waals surface area (Å²) < 4.78 is 4.26. The van der Waals surface area contributed by atoms with Crippen LogP contribution in [0.15, 0.2) is 72.1 Å². The molecule has 4 aliphatic heterocycles. The van der Waals surface area contributed by atoms with Crippen LogP contribution in [-0.4, -0.2) is 88.4 Å². The van der Waals surface area contributed by atoms with Gasteiger partial charge in [-0.25, -0.2) is 0 Å². The van der Waals surface area contributed by atoms with Crippen molar-refractivity contribution in [1.29, 1.82) is 0 Å². The highest BCUT2D eigenvalue weighted by molar-refractivity contribution is 6.30. The fourth-order valence-electron chi connectivity index (χ4n) is 9.67. The summed E-state index contributed by atoms with van der Waals surface area (Å²) in [5, 5.41) is 16.9. The topological polar surface area (TPSA) is 144 Å². The highest BCUT2D eigenvalue weighted by atomic mass is 35.5. The molecule has 2 aromatic carbocycles. The van der Waals surface area contributed by atoms with Crippen LogP contribution < -0.4 is 5.32 Å².